The lowest BCUT2D eigenvalue weighted by atomic mass is 10.1. The topological polar surface area (TPSA) is 55.1 Å². The molecule has 0 fully saturated rings. The number of rotatable bonds is 2. The van der Waals surface area contributed by atoms with Crippen molar-refractivity contribution in [1.29, 1.82) is 0 Å². The number of carbonyl (C=O) groups excluding carboxylic acids is 1. The van der Waals surface area contributed by atoms with E-state index in [9.17, 15) is 4.79 Å². The van der Waals surface area contributed by atoms with Crippen LogP contribution >= 0.6 is 15.9 Å². The van der Waals surface area contributed by atoms with Crippen LogP contribution in [0.4, 0.5) is 5.69 Å². The molecule has 1 heterocycles. The summed E-state index contributed by atoms with van der Waals surface area (Å²) in [6.07, 6.45) is 2.84. The second-order valence-corrected chi connectivity index (χ2v) is 4.99. The van der Waals surface area contributed by atoms with Gasteiger partial charge in [-0.3, -0.25) is 4.79 Å². The van der Waals surface area contributed by atoms with Crippen molar-refractivity contribution >= 4 is 38.3 Å². The van der Waals surface area contributed by atoms with Gasteiger partial charge in [0.2, 0.25) is 0 Å². The molecule has 0 aliphatic heterocycles. The van der Waals surface area contributed by atoms with E-state index in [2.05, 4.69) is 30.9 Å². The van der Waals surface area contributed by atoms with Gasteiger partial charge in [0.15, 0.2) is 0 Å². The van der Waals surface area contributed by atoms with Crippen LogP contribution in [0, 0.1) is 0 Å². The summed E-state index contributed by atoms with van der Waals surface area (Å²) in [5, 5.41) is 8.34. The Balaban J connectivity index is 1.92. The predicted octanol–water partition coefficient (Wildman–Crippen LogP) is 3.84. The molecule has 3 aromatic rings. The molecule has 0 aliphatic rings. The maximum absolute atomic E-state index is 12.0. The highest BCUT2D eigenvalue weighted by atomic mass is 79.9. The minimum atomic E-state index is -0.187. The summed E-state index contributed by atoms with van der Waals surface area (Å²) in [4.78, 5) is 12.0. The predicted molar refractivity (Wildman–Crippen MR) is 76.1 cm³/mol. The Morgan fingerprint density at radius 1 is 1.16 bits per heavy atom. The first-order valence-corrected chi connectivity index (χ1v) is 6.42. The van der Waals surface area contributed by atoms with Gasteiger partial charge in [0, 0.05) is 10.0 Å². The van der Waals surface area contributed by atoms with Crippen LogP contribution in [0.1, 0.15) is 10.4 Å². The normalized spacial score (nSPS) is 10.6. The zero-order valence-corrected chi connectivity index (χ0v) is 11.3. The average Bonchev–Trinajstić information content (AvgIpc) is 2.91. The Morgan fingerprint density at radius 3 is 2.74 bits per heavy atom. The number of benzene rings is 2. The van der Waals surface area contributed by atoms with Crippen molar-refractivity contribution in [3.8, 4) is 0 Å². The number of nitrogens with one attached hydrogen (secondary N) is 1. The summed E-state index contributed by atoms with van der Waals surface area (Å²) >= 11 is 3.42. The molecule has 3 rings (SSSR count). The fourth-order valence-electron chi connectivity index (χ4n) is 1.83. The summed E-state index contributed by atoms with van der Waals surface area (Å²) in [6, 6.07) is 11.5. The molecule has 0 aliphatic carbocycles. The first kappa shape index (κ1) is 11.9. The Morgan fingerprint density at radius 2 is 1.95 bits per heavy atom. The standard InChI is InChI=1S/C14H9BrN2O2/c15-12-4-3-9-5-11(2-1-10(9)6-12)14(18)17-13-7-16-19-8-13/h1-8H,(H,17,18). The summed E-state index contributed by atoms with van der Waals surface area (Å²) < 4.78 is 5.68. The first-order valence-electron chi connectivity index (χ1n) is 5.62. The molecule has 0 spiro atoms. The number of anilines is 1. The van der Waals surface area contributed by atoms with E-state index in [0.717, 1.165) is 15.2 Å². The quantitative estimate of drug-likeness (QED) is 0.781. The molecule has 0 atom stereocenters. The molecule has 94 valence electrons. The summed E-state index contributed by atoms with van der Waals surface area (Å²) in [5.74, 6) is -0.187. The molecule has 0 bridgehead atoms. The van der Waals surface area contributed by atoms with E-state index in [1.807, 2.05) is 30.3 Å². The summed E-state index contributed by atoms with van der Waals surface area (Å²) in [5.41, 5.74) is 1.14. The van der Waals surface area contributed by atoms with Gasteiger partial charge in [0.1, 0.15) is 12.0 Å². The van der Waals surface area contributed by atoms with E-state index in [-0.39, 0.29) is 5.91 Å². The van der Waals surface area contributed by atoms with Gasteiger partial charge in [-0.15, -0.1) is 0 Å². The minimum Gasteiger partial charge on any atom is -0.363 e. The van der Waals surface area contributed by atoms with Crippen LogP contribution in [0.25, 0.3) is 10.8 Å². The highest BCUT2D eigenvalue weighted by Gasteiger charge is 2.08. The molecular weight excluding hydrogens is 308 g/mol. The number of amides is 1. The number of halogens is 1. The molecule has 5 heteroatoms. The smallest absolute Gasteiger partial charge is 0.255 e. The van der Waals surface area contributed by atoms with Crippen molar-refractivity contribution < 1.29 is 9.32 Å². The monoisotopic (exact) mass is 316 g/mol. The number of aromatic nitrogens is 1. The molecule has 1 N–H and O–H groups in total. The zero-order chi connectivity index (χ0) is 13.2. The van der Waals surface area contributed by atoms with Gasteiger partial charge in [-0.05, 0) is 35.0 Å². The van der Waals surface area contributed by atoms with Gasteiger partial charge in [-0.1, -0.05) is 33.2 Å². The molecule has 19 heavy (non-hydrogen) atoms. The van der Waals surface area contributed by atoms with Crippen LogP contribution in [0.3, 0.4) is 0 Å². The Bertz CT molecular complexity index is 738. The number of fused-ring (bicyclic) bond motifs is 1. The third-order valence-corrected chi connectivity index (χ3v) is 3.25. The minimum absolute atomic E-state index is 0.187. The zero-order valence-electron chi connectivity index (χ0n) is 9.76. The van der Waals surface area contributed by atoms with Crippen molar-refractivity contribution in [3.63, 3.8) is 0 Å². The van der Waals surface area contributed by atoms with Crippen molar-refractivity contribution in [3.05, 3.63) is 58.9 Å². The number of nitrogens with zero attached hydrogens (tertiary/aromatic N) is 1. The van der Waals surface area contributed by atoms with Crippen molar-refractivity contribution in [2.24, 2.45) is 0 Å². The number of carbonyl (C=O) groups is 1. The fourth-order valence-corrected chi connectivity index (χ4v) is 2.21. The molecule has 1 amide bonds. The van der Waals surface area contributed by atoms with E-state index in [0.29, 0.717) is 11.3 Å². The number of hydrogen-bond donors (Lipinski definition) is 1. The molecule has 2 aromatic carbocycles. The van der Waals surface area contributed by atoms with Crippen LogP contribution in [0.15, 0.2) is 57.9 Å². The number of hydrogen-bond acceptors (Lipinski definition) is 3. The molecule has 1 aromatic heterocycles. The third kappa shape index (κ3) is 2.51. The Labute approximate surface area is 117 Å². The second-order valence-electron chi connectivity index (χ2n) is 4.07. The van der Waals surface area contributed by atoms with E-state index < -0.39 is 0 Å². The van der Waals surface area contributed by atoms with E-state index in [1.165, 1.54) is 12.5 Å². The Hall–Kier alpha value is -2.14. The molecule has 0 saturated carbocycles. The van der Waals surface area contributed by atoms with Gasteiger partial charge in [-0.2, -0.15) is 0 Å². The van der Waals surface area contributed by atoms with E-state index >= 15 is 0 Å². The third-order valence-electron chi connectivity index (χ3n) is 2.75. The first-order chi connectivity index (χ1) is 9.22. The molecule has 4 nitrogen and oxygen atoms in total. The fraction of sp³-hybridized carbons (Fsp3) is 0. The van der Waals surface area contributed by atoms with Crippen LogP contribution in [0.2, 0.25) is 0 Å². The van der Waals surface area contributed by atoms with Gasteiger partial charge in [0.25, 0.3) is 5.91 Å². The van der Waals surface area contributed by atoms with Crippen LogP contribution in [-0.4, -0.2) is 11.1 Å². The Kier molecular flexibility index (Phi) is 3.05. The molecular formula is C14H9BrN2O2. The van der Waals surface area contributed by atoms with Gasteiger partial charge in [0.05, 0.1) is 6.20 Å². The summed E-state index contributed by atoms with van der Waals surface area (Å²) in [6.45, 7) is 0. The van der Waals surface area contributed by atoms with E-state index in [4.69, 9.17) is 0 Å². The molecule has 0 radical (unpaired) electrons. The van der Waals surface area contributed by atoms with Gasteiger partial charge >= 0.3 is 0 Å². The van der Waals surface area contributed by atoms with Crippen LogP contribution in [0.5, 0.6) is 0 Å². The van der Waals surface area contributed by atoms with Crippen LogP contribution in [-0.2, 0) is 0 Å². The lowest BCUT2D eigenvalue weighted by Gasteiger charge is -2.04. The lowest BCUT2D eigenvalue weighted by molar-refractivity contribution is 0.102. The van der Waals surface area contributed by atoms with Gasteiger partial charge in [-0.25, -0.2) is 0 Å². The molecule has 0 unspecified atom stereocenters. The molecule has 0 saturated heterocycles. The van der Waals surface area contributed by atoms with Crippen molar-refractivity contribution in [2.75, 3.05) is 5.32 Å². The maximum Gasteiger partial charge on any atom is 0.255 e. The largest absolute Gasteiger partial charge is 0.363 e. The average molecular weight is 317 g/mol. The van der Waals surface area contributed by atoms with Crippen molar-refractivity contribution in [2.45, 2.75) is 0 Å². The lowest BCUT2D eigenvalue weighted by Crippen LogP contribution is -2.11. The summed E-state index contributed by atoms with van der Waals surface area (Å²) in [7, 11) is 0. The van der Waals surface area contributed by atoms with E-state index in [1.54, 1.807) is 6.07 Å². The SMILES string of the molecule is O=C(Nc1cnoc1)c1ccc2cc(Br)ccc2c1. The van der Waals surface area contributed by atoms with Gasteiger partial charge < -0.3 is 9.84 Å². The highest BCUT2D eigenvalue weighted by molar-refractivity contribution is 9.10. The van der Waals surface area contributed by atoms with Crippen molar-refractivity contribution in [1.82, 2.24) is 5.16 Å². The van der Waals surface area contributed by atoms with Crippen LogP contribution < -0.4 is 5.32 Å². The maximum atomic E-state index is 12.0. The second kappa shape index (κ2) is 4.85. The highest BCUT2D eigenvalue weighted by Crippen LogP contribution is 2.21.